The van der Waals surface area contributed by atoms with Gasteiger partial charge < -0.3 is 15.4 Å². The normalized spacial score (nSPS) is 11.1. The van der Waals surface area contributed by atoms with Gasteiger partial charge in [0.25, 0.3) is 0 Å². The van der Waals surface area contributed by atoms with Crippen molar-refractivity contribution >= 4 is 29.0 Å². The van der Waals surface area contributed by atoms with Crippen LogP contribution in [0.3, 0.4) is 0 Å². The average Bonchev–Trinajstić information content (AvgIpc) is 2.63. The predicted octanol–water partition coefficient (Wildman–Crippen LogP) is 4.28. The van der Waals surface area contributed by atoms with Crippen LogP contribution in [0, 0.1) is 5.41 Å². The van der Waals surface area contributed by atoms with E-state index in [0.717, 1.165) is 0 Å². The van der Waals surface area contributed by atoms with E-state index in [0.29, 0.717) is 22.7 Å². The highest BCUT2D eigenvalue weighted by molar-refractivity contribution is 6.14. The minimum Gasteiger partial charge on any atom is -0.489 e. The molecule has 0 unspecified atom stereocenters. The number of para-hydroxylation sites is 2. The highest BCUT2D eigenvalue weighted by Gasteiger charge is 2.36. The molecule has 0 aliphatic heterocycles. The summed E-state index contributed by atoms with van der Waals surface area (Å²) in [5.74, 6) is -0.508. The molecular weight excluding hydrogens is 356 g/mol. The molecule has 0 atom stereocenters. The summed E-state index contributed by atoms with van der Waals surface area (Å²) in [5.41, 5.74) is 0.0968. The van der Waals surface area contributed by atoms with Crippen LogP contribution in [0.4, 0.5) is 11.4 Å². The lowest BCUT2D eigenvalue weighted by molar-refractivity contribution is -0.135. The van der Waals surface area contributed by atoms with E-state index in [2.05, 4.69) is 10.6 Å². The molecule has 0 aliphatic rings. The Hall–Kier alpha value is -3.15. The van der Waals surface area contributed by atoms with E-state index < -0.39 is 17.2 Å². The Bertz CT molecular complexity index is 888. The molecule has 2 rings (SSSR count). The summed E-state index contributed by atoms with van der Waals surface area (Å²) >= 11 is 0. The number of carbonyl (C=O) groups excluding carboxylic acids is 3. The first kappa shape index (κ1) is 21.2. The van der Waals surface area contributed by atoms with Gasteiger partial charge in [0.1, 0.15) is 11.2 Å². The van der Waals surface area contributed by atoms with Gasteiger partial charge in [0.05, 0.1) is 11.8 Å². The van der Waals surface area contributed by atoms with Gasteiger partial charge in [-0.25, -0.2) is 0 Å². The second-order valence-corrected chi connectivity index (χ2v) is 7.33. The fraction of sp³-hybridized carbons (Fsp3) is 0.318. The number of carbonyl (C=O) groups is 3. The van der Waals surface area contributed by atoms with Crippen molar-refractivity contribution in [3.05, 3.63) is 54.1 Å². The van der Waals surface area contributed by atoms with Gasteiger partial charge in [0, 0.05) is 11.3 Å². The molecule has 6 heteroatoms. The fourth-order valence-electron chi connectivity index (χ4n) is 2.41. The number of hydrogen-bond donors (Lipinski definition) is 2. The highest BCUT2D eigenvalue weighted by Crippen LogP contribution is 2.28. The molecule has 6 nitrogen and oxygen atoms in total. The second kappa shape index (κ2) is 8.69. The maximum atomic E-state index is 12.8. The number of ether oxygens (including phenoxy) is 1. The van der Waals surface area contributed by atoms with Crippen molar-refractivity contribution in [1.82, 2.24) is 0 Å². The minimum absolute atomic E-state index is 0.0529. The summed E-state index contributed by atoms with van der Waals surface area (Å²) in [6.07, 6.45) is -0.0529. The maximum absolute atomic E-state index is 12.8. The summed E-state index contributed by atoms with van der Waals surface area (Å²) in [5, 5.41) is 5.48. The lowest BCUT2D eigenvalue weighted by atomic mass is 9.90. The third kappa shape index (κ3) is 5.19. The largest absolute Gasteiger partial charge is 0.489 e. The van der Waals surface area contributed by atoms with E-state index in [9.17, 15) is 14.4 Å². The Morgan fingerprint density at radius 2 is 1.57 bits per heavy atom. The van der Waals surface area contributed by atoms with Gasteiger partial charge in [-0.05, 0) is 58.9 Å². The lowest BCUT2D eigenvalue weighted by Gasteiger charge is -2.24. The molecule has 28 heavy (non-hydrogen) atoms. The van der Waals surface area contributed by atoms with Gasteiger partial charge in [-0.15, -0.1) is 0 Å². The monoisotopic (exact) mass is 382 g/mol. The van der Waals surface area contributed by atoms with Crippen molar-refractivity contribution in [2.45, 2.75) is 40.7 Å². The topological polar surface area (TPSA) is 84.5 Å². The van der Waals surface area contributed by atoms with E-state index in [4.69, 9.17) is 4.74 Å². The van der Waals surface area contributed by atoms with E-state index in [1.54, 1.807) is 56.3 Å². The minimum atomic E-state index is -1.35. The fourth-order valence-corrected chi connectivity index (χ4v) is 2.41. The molecular formula is C22H26N2O4. The molecule has 2 N–H and O–H groups in total. The zero-order chi connectivity index (χ0) is 20.9. The maximum Gasteiger partial charge on any atom is 0.239 e. The first-order valence-electron chi connectivity index (χ1n) is 9.11. The highest BCUT2D eigenvalue weighted by atomic mass is 16.5. The Morgan fingerprint density at radius 1 is 0.929 bits per heavy atom. The van der Waals surface area contributed by atoms with Crippen LogP contribution >= 0.6 is 0 Å². The molecule has 0 aliphatic carbocycles. The predicted molar refractivity (Wildman–Crippen MR) is 110 cm³/mol. The number of benzene rings is 2. The van der Waals surface area contributed by atoms with Gasteiger partial charge >= 0.3 is 0 Å². The quantitative estimate of drug-likeness (QED) is 0.553. The lowest BCUT2D eigenvalue weighted by Crippen LogP contribution is -2.41. The van der Waals surface area contributed by atoms with Crippen molar-refractivity contribution < 1.29 is 19.1 Å². The van der Waals surface area contributed by atoms with Gasteiger partial charge in [0.2, 0.25) is 11.8 Å². The Kier molecular flexibility index (Phi) is 6.57. The smallest absolute Gasteiger partial charge is 0.239 e. The summed E-state index contributed by atoms with van der Waals surface area (Å²) in [4.78, 5) is 37.0. The summed E-state index contributed by atoms with van der Waals surface area (Å²) in [7, 11) is 0. The van der Waals surface area contributed by atoms with Crippen molar-refractivity contribution in [2.75, 3.05) is 10.6 Å². The van der Waals surface area contributed by atoms with Crippen LogP contribution in [-0.4, -0.2) is 23.7 Å². The average molecular weight is 382 g/mol. The molecule has 0 saturated heterocycles. The summed E-state index contributed by atoms with van der Waals surface area (Å²) < 4.78 is 5.70. The molecule has 148 valence electrons. The van der Waals surface area contributed by atoms with Gasteiger partial charge in [-0.3, -0.25) is 14.4 Å². The molecule has 0 spiro atoms. The van der Waals surface area contributed by atoms with Crippen LogP contribution in [0.5, 0.6) is 5.75 Å². The molecule has 0 fully saturated rings. The van der Waals surface area contributed by atoms with E-state index in [-0.39, 0.29) is 11.9 Å². The van der Waals surface area contributed by atoms with Gasteiger partial charge in [-0.1, -0.05) is 24.3 Å². The first-order chi connectivity index (χ1) is 13.1. The number of ketones is 1. The summed E-state index contributed by atoms with van der Waals surface area (Å²) in [6.45, 7) is 8.32. The molecule has 0 radical (unpaired) electrons. The molecule has 0 aromatic heterocycles. The van der Waals surface area contributed by atoms with E-state index in [1.807, 2.05) is 19.9 Å². The Morgan fingerprint density at radius 3 is 2.21 bits per heavy atom. The SMILES string of the molecule is CC(=O)c1cccc(NC(=O)C(C)(C)C(=O)Nc2ccccc2OC(C)C)c1. The third-order valence-electron chi connectivity index (χ3n) is 4.16. The van der Waals surface area contributed by atoms with Crippen LogP contribution in [-0.2, 0) is 9.59 Å². The van der Waals surface area contributed by atoms with Crippen molar-refractivity contribution in [2.24, 2.45) is 5.41 Å². The van der Waals surface area contributed by atoms with Gasteiger partial charge in [0.15, 0.2) is 5.78 Å². The van der Waals surface area contributed by atoms with Crippen LogP contribution in [0.2, 0.25) is 0 Å². The number of Topliss-reactive ketones (excluding diaryl/α,β-unsaturated/α-hetero) is 1. The molecule has 0 saturated carbocycles. The number of anilines is 2. The summed E-state index contributed by atoms with van der Waals surface area (Å²) in [6, 6.07) is 13.7. The van der Waals surface area contributed by atoms with Gasteiger partial charge in [-0.2, -0.15) is 0 Å². The van der Waals surface area contributed by atoms with E-state index in [1.165, 1.54) is 6.92 Å². The van der Waals surface area contributed by atoms with Crippen LogP contribution < -0.4 is 15.4 Å². The van der Waals surface area contributed by atoms with Crippen LogP contribution in [0.25, 0.3) is 0 Å². The molecule has 2 amide bonds. The number of rotatable bonds is 7. The molecule has 2 aromatic carbocycles. The third-order valence-corrected chi connectivity index (χ3v) is 4.16. The Balaban J connectivity index is 2.15. The van der Waals surface area contributed by atoms with Crippen molar-refractivity contribution in [3.8, 4) is 5.75 Å². The molecule has 2 aromatic rings. The zero-order valence-electron chi connectivity index (χ0n) is 16.8. The molecule has 0 bridgehead atoms. The zero-order valence-corrected chi connectivity index (χ0v) is 16.8. The number of amides is 2. The van der Waals surface area contributed by atoms with Crippen molar-refractivity contribution in [3.63, 3.8) is 0 Å². The first-order valence-corrected chi connectivity index (χ1v) is 9.11. The second-order valence-electron chi connectivity index (χ2n) is 7.33. The van der Waals surface area contributed by atoms with Crippen LogP contribution in [0.15, 0.2) is 48.5 Å². The van der Waals surface area contributed by atoms with Crippen molar-refractivity contribution in [1.29, 1.82) is 0 Å². The molecule has 0 heterocycles. The standard InChI is InChI=1S/C22H26N2O4/c1-14(2)28-19-12-7-6-11-18(19)24-21(27)22(4,5)20(26)23-17-10-8-9-16(13-17)15(3)25/h6-14H,1-5H3,(H,23,26)(H,24,27). The number of nitrogens with one attached hydrogen (secondary N) is 2. The number of hydrogen-bond acceptors (Lipinski definition) is 4. The van der Waals surface area contributed by atoms with E-state index >= 15 is 0 Å². The van der Waals surface area contributed by atoms with Crippen LogP contribution in [0.1, 0.15) is 45.0 Å². The Labute approximate surface area is 165 Å².